The van der Waals surface area contributed by atoms with Gasteiger partial charge in [-0.05, 0) is 43.4 Å². The van der Waals surface area contributed by atoms with E-state index < -0.39 is 10.1 Å². The SMILES string of the molecule is CCNC(=S)N(C)c1ccc(S(=O)(=O)[O-])cc1. The molecule has 1 rings (SSSR count). The van der Waals surface area contributed by atoms with Gasteiger partial charge in [-0.3, -0.25) is 0 Å². The van der Waals surface area contributed by atoms with Crippen molar-refractivity contribution >= 4 is 33.1 Å². The van der Waals surface area contributed by atoms with E-state index in [4.69, 9.17) is 12.2 Å². The molecule has 1 aromatic rings. The van der Waals surface area contributed by atoms with Crippen molar-refractivity contribution in [2.75, 3.05) is 18.5 Å². The van der Waals surface area contributed by atoms with E-state index in [0.29, 0.717) is 17.3 Å². The number of nitrogens with one attached hydrogen (secondary N) is 1. The molecule has 0 spiro atoms. The maximum Gasteiger partial charge on any atom is 0.173 e. The molecule has 0 aliphatic carbocycles. The van der Waals surface area contributed by atoms with Gasteiger partial charge in [0, 0.05) is 19.3 Å². The molecule has 0 aliphatic rings. The third kappa shape index (κ3) is 3.65. The van der Waals surface area contributed by atoms with Crippen LogP contribution in [0.25, 0.3) is 0 Å². The van der Waals surface area contributed by atoms with Gasteiger partial charge in [0.25, 0.3) is 0 Å². The smallest absolute Gasteiger partial charge is 0.173 e. The number of anilines is 1. The monoisotopic (exact) mass is 273 g/mol. The lowest BCUT2D eigenvalue weighted by Crippen LogP contribution is -2.36. The van der Waals surface area contributed by atoms with Crippen LogP contribution < -0.4 is 10.2 Å². The first-order valence-electron chi connectivity index (χ1n) is 4.93. The number of rotatable bonds is 3. The lowest BCUT2D eigenvalue weighted by molar-refractivity contribution is 0.463. The predicted molar refractivity (Wildman–Crippen MR) is 69.1 cm³/mol. The topological polar surface area (TPSA) is 72.5 Å². The first-order chi connectivity index (χ1) is 7.86. The summed E-state index contributed by atoms with van der Waals surface area (Å²) in [6.45, 7) is 2.63. The number of benzene rings is 1. The highest BCUT2D eigenvalue weighted by molar-refractivity contribution is 7.85. The van der Waals surface area contributed by atoms with E-state index in [-0.39, 0.29) is 4.90 Å². The van der Waals surface area contributed by atoms with E-state index in [2.05, 4.69) is 5.32 Å². The largest absolute Gasteiger partial charge is 0.744 e. The van der Waals surface area contributed by atoms with Crippen molar-refractivity contribution in [1.29, 1.82) is 0 Å². The minimum absolute atomic E-state index is 0.246. The normalized spacial score (nSPS) is 11.0. The fraction of sp³-hybridized carbons (Fsp3) is 0.300. The van der Waals surface area contributed by atoms with E-state index in [1.807, 2.05) is 6.92 Å². The van der Waals surface area contributed by atoms with Gasteiger partial charge in [0.2, 0.25) is 0 Å². The second-order valence-electron chi connectivity index (χ2n) is 3.34. The van der Waals surface area contributed by atoms with E-state index >= 15 is 0 Å². The summed E-state index contributed by atoms with van der Waals surface area (Å²) >= 11 is 5.10. The lowest BCUT2D eigenvalue weighted by Gasteiger charge is -2.21. The molecule has 94 valence electrons. The van der Waals surface area contributed by atoms with Gasteiger partial charge in [0.15, 0.2) is 5.11 Å². The van der Waals surface area contributed by atoms with E-state index in [9.17, 15) is 13.0 Å². The van der Waals surface area contributed by atoms with Gasteiger partial charge in [-0.25, -0.2) is 8.42 Å². The van der Waals surface area contributed by atoms with Crippen molar-refractivity contribution in [2.24, 2.45) is 0 Å². The summed E-state index contributed by atoms with van der Waals surface area (Å²) in [5, 5.41) is 3.50. The minimum Gasteiger partial charge on any atom is -0.744 e. The highest BCUT2D eigenvalue weighted by Gasteiger charge is 2.07. The van der Waals surface area contributed by atoms with Crippen LogP contribution in [0.1, 0.15) is 6.92 Å². The third-order valence-electron chi connectivity index (χ3n) is 2.15. The summed E-state index contributed by atoms with van der Waals surface area (Å²) in [5.41, 5.74) is 0.711. The first-order valence-corrected chi connectivity index (χ1v) is 6.75. The highest BCUT2D eigenvalue weighted by Crippen LogP contribution is 2.16. The molecule has 0 heterocycles. The Bertz CT molecular complexity index is 497. The Labute approximate surface area is 106 Å². The van der Waals surface area contributed by atoms with Crippen LogP contribution in [0.3, 0.4) is 0 Å². The molecule has 0 saturated carbocycles. The standard InChI is InChI=1S/C10H14N2O3S2/c1-3-11-10(16)12(2)8-4-6-9(7-5-8)17(13,14)15/h4-7H,3H2,1-2H3,(H,11,16)(H,13,14,15)/p-1. The molecule has 1 aromatic carbocycles. The number of hydrogen-bond donors (Lipinski definition) is 1. The molecule has 0 unspecified atom stereocenters. The Morgan fingerprint density at radius 1 is 1.41 bits per heavy atom. The summed E-state index contributed by atoms with van der Waals surface area (Å²) in [4.78, 5) is 1.45. The predicted octanol–water partition coefficient (Wildman–Crippen LogP) is 0.921. The average Bonchev–Trinajstić information content (AvgIpc) is 2.27. The fourth-order valence-electron chi connectivity index (χ4n) is 1.22. The fourth-order valence-corrected chi connectivity index (χ4v) is 1.94. The van der Waals surface area contributed by atoms with Crippen LogP contribution in [0.15, 0.2) is 29.2 Å². The van der Waals surface area contributed by atoms with Gasteiger partial charge in [-0.2, -0.15) is 0 Å². The lowest BCUT2D eigenvalue weighted by atomic mass is 10.3. The molecular formula is C10H13N2O3S2-. The zero-order valence-corrected chi connectivity index (χ0v) is 11.1. The van der Waals surface area contributed by atoms with E-state index in [1.165, 1.54) is 24.3 Å². The van der Waals surface area contributed by atoms with Crippen LogP contribution in [0, 0.1) is 0 Å². The van der Waals surface area contributed by atoms with Gasteiger partial charge >= 0.3 is 0 Å². The molecule has 0 bridgehead atoms. The summed E-state index contributed by atoms with van der Waals surface area (Å²) in [7, 11) is -2.64. The minimum atomic E-state index is -4.39. The van der Waals surface area contributed by atoms with Crippen molar-refractivity contribution in [3.63, 3.8) is 0 Å². The van der Waals surface area contributed by atoms with Crippen molar-refractivity contribution in [1.82, 2.24) is 5.32 Å². The van der Waals surface area contributed by atoms with Crippen molar-refractivity contribution in [3.8, 4) is 0 Å². The van der Waals surface area contributed by atoms with Gasteiger partial charge in [-0.15, -0.1) is 0 Å². The van der Waals surface area contributed by atoms with Crippen molar-refractivity contribution in [3.05, 3.63) is 24.3 Å². The van der Waals surface area contributed by atoms with Gasteiger partial charge in [-0.1, -0.05) is 0 Å². The van der Waals surface area contributed by atoms with Gasteiger partial charge < -0.3 is 14.8 Å². The quantitative estimate of drug-likeness (QED) is 0.652. The Morgan fingerprint density at radius 2 is 1.94 bits per heavy atom. The number of hydrogen-bond acceptors (Lipinski definition) is 4. The Kier molecular flexibility index (Phi) is 4.44. The molecule has 0 saturated heterocycles. The first kappa shape index (κ1) is 13.9. The molecule has 5 nitrogen and oxygen atoms in total. The molecule has 17 heavy (non-hydrogen) atoms. The van der Waals surface area contributed by atoms with Crippen molar-refractivity contribution in [2.45, 2.75) is 11.8 Å². The van der Waals surface area contributed by atoms with Crippen molar-refractivity contribution < 1.29 is 13.0 Å². The maximum atomic E-state index is 10.7. The summed E-state index contributed by atoms with van der Waals surface area (Å²) in [6.07, 6.45) is 0. The van der Waals surface area contributed by atoms with Crippen LogP contribution in [0.5, 0.6) is 0 Å². The second kappa shape index (κ2) is 5.44. The Hall–Kier alpha value is -1.18. The summed E-state index contributed by atoms with van der Waals surface area (Å²) in [6, 6.07) is 5.61. The molecule has 0 atom stereocenters. The van der Waals surface area contributed by atoms with Crippen LogP contribution >= 0.6 is 12.2 Å². The highest BCUT2D eigenvalue weighted by atomic mass is 32.2. The molecule has 7 heteroatoms. The molecule has 0 aromatic heterocycles. The van der Waals surface area contributed by atoms with Crippen LogP contribution in [-0.2, 0) is 10.1 Å². The van der Waals surface area contributed by atoms with E-state index in [1.54, 1.807) is 11.9 Å². The summed E-state index contributed by atoms with van der Waals surface area (Å²) < 4.78 is 32.2. The molecule has 0 aliphatic heterocycles. The molecule has 0 fully saturated rings. The molecule has 0 radical (unpaired) electrons. The Balaban J connectivity index is 2.92. The molecule has 0 amide bonds. The van der Waals surface area contributed by atoms with E-state index in [0.717, 1.165) is 0 Å². The second-order valence-corrected chi connectivity index (χ2v) is 5.11. The third-order valence-corrected chi connectivity index (χ3v) is 3.41. The average molecular weight is 273 g/mol. The van der Waals surface area contributed by atoms with Crippen LogP contribution in [-0.4, -0.2) is 31.7 Å². The molecular weight excluding hydrogens is 260 g/mol. The van der Waals surface area contributed by atoms with Crippen LogP contribution in [0.4, 0.5) is 5.69 Å². The maximum absolute atomic E-state index is 10.7. The number of nitrogens with zero attached hydrogens (tertiary/aromatic N) is 1. The summed E-state index contributed by atoms with van der Waals surface area (Å²) in [5.74, 6) is 0. The molecule has 1 N–H and O–H groups in total. The van der Waals surface area contributed by atoms with Crippen LogP contribution in [0.2, 0.25) is 0 Å². The number of thiocarbonyl (C=S) groups is 1. The Morgan fingerprint density at radius 3 is 2.35 bits per heavy atom. The van der Waals surface area contributed by atoms with Gasteiger partial charge in [0.1, 0.15) is 10.1 Å². The zero-order chi connectivity index (χ0) is 13.1. The van der Waals surface area contributed by atoms with Gasteiger partial charge in [0.05, 0.1) is 4.90 Å². The zero-order valence-electron chi connectivity index (χ0n) is 9.50.